The first-order valence-corrected chi connectivity index (χ1v) is 7.62. The van der Waals surface area contributed by atoms with Crippen molar-refractivity contribution in [2.24, 2.45) is 0 Å². The van der Waals surface area contributed by atoms with E-state index in [-0.39, 0.29) is 17.4 Å². The Bertz CT molecular complexity index is 660. The largest absolute Gasteiger partial charge is 0.508 e. The molecule has 2 aromatic rings. The molecule has 4 nitrogen and oxygen atoms in total. The quantitative estimate of drug-likeness (QED) is 0.778. The van der Waals surface area contributed by atoms with E-state index in [1.807, 2.05) is 6.07 Å². The number of carbonyl (C=O) groups is 1. The van der Waals surface area contributed by atoms with E-state index in [0.29, 0.717) is 25.8 Å². The van der Waals surface area contributed by atoms with E-state index in [2.05, 4.69) is 10.1 Å². The number of hydrogen-bond donors (Lipinski definition) is 2. The number of alkyl halides is 2. The van der Waals surface area contributed by atoms with Gasteiger partial charge in [0.2, 0.25) is 5.91 Å². The van der Waals surface area contributed by atoms with Crippen LogP contribution in [-0.4, -0.2) is 24.2 Å². The minimum absolute atomic E-state index is 0.101. The summed E-state index contributed by atoms with van der Waals surface area (Å²) in [6.07, 6.45) is 1.36. The number of phenols is 1. The number of phenolic OH excluding ortho intramolecular Hbond substituents is 1. The van der Waals surface area contributed by atoms with Gasteiger partial charge in [-0.2, -0.15) is 8.78 Å². The highest BCUT2D eigenvalue weighted by molar-refractivity contribution is 5.76. The van der Waals surface area contributed by atoms with Gasteiger partial charge in [-0.1, -0.05) is 30.3 Å². The Morgan fingerprint density at radius 3 is 2.46 bits per heavy atom. The normalized spacial score (nSPS) is 10.6. The molecule has 0 aliphatic rings. The fourth-order valence-corrected chi connectivity index (χ4v) is 2.24. The van der Waals surface area contributed by atoms with Crippen LogP contribution in [-0.2, 0) is 17.6 Å². The smallest absolute Gasteiger partial charge is 0.387 e. The molecule has 0 aromatic heterocycles. The summed E-state index contributed by atoms with van der Waals surface area (Å²) in [4.78, 5) is 11.8. The van der Waals surface area contributed by atoms with Crippen LogP contribution in [0.4, 0.5) is 8.78 Å². The first-order valence-electron chi connectivity index (χ1n) is 7.62. The molecule has 6 heteroatoms. The van der Waals surface area contributed by atoms with E-state index in [1.54, 1.807) is 30.3 Å². The lowest BCUT2D eigenvalue weighted by molar-refractivity contribution is -0.121. The van der Waals surface area contributed by atoms with E-state index < -0.39 is 6.61 Å². The average molecular weight is 335 g/mol. The van der Waals surface area contributed by atoms with Crippen molar-refractivity contribution < 1.29 is 23.4 Å². The highest BCUT2D eigenvalue weighted by Crippen LogP contribution is 2.17. The zero-order valence-electron chi connectivity index (χ0n) is 13.0. The lowest BCUT2D eigenvalue weighted by atomic mass is 10.1. The molecule has 0 bridgehead atoms. The summed E-state index contributed by atoms with van der Waals surface area (Å²) < 4.78 is 28.4. The van der Waals surface area contributed by atoms with Crippen molar-refractivity contribution in [2.75, 3.05) is 6.54 Å². The van der Waals surface area contributed by atoms with Crippen LogP contribution in [0.2, 0.25) is 0 Å². The summed E-state index contributed by atoms with van der Waals surface area (Å²) in [5.74, 6) is 0.202. The molecule has 0 atom stereocenters. The lowest BCUT2D eigenvalue weighted by Crippen LogP contribution is -2.25. The number of halogens is 2. The molecule has 24 heavy (non-hydrogen) atoms. The third kappa shape index (κ3) is 5.87. The number of aryl methyl sites for hydroxylation is 1. The molecule has 0 heterocycles. The molecule has 0 spiro atoms. The molecule has 1 amide bonds. The number of aromatic hydroxyl groups is 1. The SMILES string of the molecule is O=C(CCc1ccccc1O)NCCc1ccc(OC(F)F)cc1. The van der Waals surface area contributed by atoms with Crippen molar-refractivity contribution in [1.29, 1.82) is 0 Å². The number of amides is 1. The highest BCUT2D eigenvalue weighted by atomic mass is 19.3. The molecule has 0 saturated heterocycles. The molecule has 0 aliphatic carbocycles. The molecule has 128 valence electrons. The van der Waals surface area contributed by atoms with Crippen LogP contribution in [0.3, 0.4) is 0 Å². The van der Waals surface area contributed by atoms with Gasteiger partial charge in [0.1, 0.15) is 11.5 Å². The summed E-state index contributed by atoms with van der Waals surface area (Å²) in [7, 11) is 0. The van der Waals surface area contributed by atoms with Gasteiger partial charge < -0.3 is 15.2 Å². The standard InChI is InChI=1S/C18H19F2NO3/c19-18(20)24-15-8-5-13(6-9-15)11-12-21-17(23)10-7-14-3-1-2-4-16(14)22/h1-6,8-9,18,22H,7,10-12H2,(H,21,23). The van der Waals surface area contributed by atoms with Crippen LogP contribution in [0.1, 0.15) is 17.5 Å². The fourth-order valence-electron chi connectivity index (χ4n) is 2.24. The summed E-state index contributed by atoms with van der Waals surface area (Å²) in [6, 6.07) is 13.2. The Labute approximate surface area is 139 Å². The van der Waals surface area contributed by atoms with Gasteiger partial charge in [0, 0.05) is 13.0 Å². The van der Waals surface area contributed by atoms with Crippen LogP contribution in [0.25, 0.3) is 0 Å². The third-order valence-electron chi connectivity index (χ3n) is 3.50. The summed E-state index contributed by atoms with van der Waals surface area (Å²) >= 11 is 0. The Hall–Kier alpha value is -2.63. The molecule has 2 N–H and O–H groups in total. The summed E-state index contributed by atoms with van der Waals surface area (Å²) in [5.41, 5.74) is 1.65. The van der Waals surface area contributed by atoms with Gasteiger partial charge in [-0.05, 0) is 42.2 Å². The molecular weight excluding hydrogens is 316 g/mol. The van der Waals surface area contributed by atoms with Gasteiger partial charge in [0.05, 0.1) is 0 Å². The first-order chi connectivity index (χ1) is 11.5. The van der Waals surface area contributed by atoms with Crippen molar-refractivity contribution in [3.63, 3.8) is 0 Å². The van der Waals surface area contributed by atoms with Crippen molar-refractivity contribution in [1.82, 2.24) is 5.32 Å². The highest BCUT2D eigenvalue weighted by Gasteiger charge is 2.06. The second-order valence-corrected chi connectivity index (χ2v) is 5.25. The first kappa shape index (κ1) is 17.7. The lowest BCUT2D eigenvalue weighted by Gasteiger charge is -2.08. The minimum Gasteiger partial charge on any atom is -0.508 e. The minimum atomic E-state index is -2.83. The Kier molecular flexibility index (Phi) is 6.54. The number of para-hydroxylation sites is 1. The van der Waals surface area contributed by atoms with Crippen LogP contribution in [0, 0.1) is 0 Å². The van der Waals surface area contributed by atoms with Crippen LogP contribution in [0.5, 0.6) is 11.5 Å². The Balaban J connectivity index is 1.70. The van der Waals surface area contributed by atoms with Crippen LogP contribution in [0.15, 0.2) is 48.5 Å². The van der Waals surface area contributed by atoms with Crippen molar-refractivity contribution in [2.45, 2.75) is 25.9 Å². The number of ether oxygens (including phenoxy) is 1. The van der Waals surface area contributed by atoms with E-state index >= 15 is 0 Å². The van der Waals surface area contributed by atoms with Gasteiger partial charge in [-0.15, -0.1) is 0 Å². The van der Waals surface area contributed by atoms with Gasteiger partial charge in [-0.25, -0.2) is 0 Å². The molecular formula is C18H19F2NO3. The molecule has 2 rings (SSSR count). The number of rotatable bonds is 8. The maximum absolute atomic E-state index is 12.0. The molecule has 2 aromatic carbocycles. The molecule has 0 saturated carbocycles. The predicted molar refractivity (Wildman–Crippen MR) is 86.2 cm³/mol. The number of hydrogen-bond acceptors (Lipinski definition) is 3. The van der Waals surface area contributed by atoms with E-state index in [4.69, 9.17) is 0 Å². The number of benzene rings is 2. The van der Waals surface area contributed by atoms with Crippen molar-refractivity contribution in [3.8, 4) is 11.5 Å². The molecule has 0 fully saturated rings. The fraction of sp³-hybridized carbons (Fsp3) is 0.278. The maximum atomic E-state index is 12.0. The van der Waals surface area contributed by atoms with Crippen molar-refractivity contribution in [3.05, 3.63) is 59.7 Å². The summed E-state index contributed by atoms with van der Waals surface area (Å²) in [6.45, 7) is -2.38. The number of carbonyl (C=O) groups excluding carboxylic acids is 1. The number of nitrogens with one attached hydrogen (secondary N) is 1. The van der Waals surface area contributed by atoms with Gasteiger partial charge in [0.25, 0.3) is 0 Å². The zero-order valence-corrected chi connectivity index (χ0v) is 13.0. The topological polar surface area (TPSA) is 58.6 Å². The van der Waals surface area contributed by atoms with Crippen LogP contribution < -0.4 is 10.1 Å². The second-order valence-electron chi connectivity index (χ2n) is 5.25. The molecule has 0 radical (unpaired) electrons. The monoisotopic (exact) mass is 335 g/mol. The Morgan fingerprint density at radius 1 is 1.08 bits per heavy atom. The van der Waals surface area contributed by atoms with E-state index in [0.717, 1.165) is 11.1 Å². The van der Waals surface area contributed by atoms with Gasteiger partial charge >= 0.3 is 6.61 Å². The van der Waals surface area contributed by atoms with Gasteiger partial charge in [0.15, 0.2) is 0 Å². The van der Waals surface area contributed by atoms with Crippen LogP contribution >= 0.6 is 0 Å². The molecule has 0 aliphatic heterocycles. The maximum Gasteiger partial charge on any atom is 0.387 e. The second kappa shape index (κ2) is 8.86. The average Bonchev–Trinajstić information content (AvgIpc) is 2.55. The van der Waals surface area contributed by atoms with Gasteiger partial charge in [-0.3, -0.25) is 4.79 Å². The van der Waals surface area contributed by atoms with E-state index in [9.17, 15) is 18.7 Å². The third-order valence-corrected chi connectivity index (χ3v) is 3.50. The van der Waals surface area contributed by atoms with E-state index in [1.165, 1.54) is 12.1 Å². The predicted octanol–water partition coefficient (Wildman–Crippen LogP) is 3.29. The zero-order chi connectivity index (χ0) is 17.4. The summed E-state index contributed by atoms with van der Waals surface area (Å²) in [5, 5.41) is 12.4. The Morgan fingerprint density at radius 2 is 1.79 bits per heavy atom. The van der Waals surface area contributed by atoms with Crippen molar-refractivity contribution >= 4 is 5.91 Å². The molecule has 0 unspecified atom stereocenters.